The maximum atomic E-state index is 11.8. The molecule has 1 aliphatic heterocycles. The first-order valence-corrected chi connectivity index (χ1v) is 7.21. The van der Waals surface area contributed by atoms with Crippen LogP contribution in [0.4, 0.5) is 0 Å². The van der Waals surface area contributed by atoms with Gasteiger partial charge in [0, 0.05) is 0 Å². The average molecular weight is 289 g/mol. The zero-order valence-electron chi connectivity index (χ0n) is 9.00. The van der Waals surface area contributed by atoms with Gasteiger partial charge in [-0.05, 0) is 0 Å². The first-order chi connectivity index (χ1) is 8.34. The SMILES string of the molecule is O=C1Oc2ccccc2C1[Se]c1ccccc1. The molecule has 3 heteroatoms. The zero-order chi connectivity index (χ0) is 11.7. The van der Waals surface area contributed by atoms with Gasteiger partial charge in [0.25, 0.3) is 0 Å². The van der Waals surface area contributed by atoms with E-state index in [1.54, 1.807) is 0 Å². The third-order valence-electron chi connectivity index (χ3n) is 2.62. The summed E-state index contributed by atoms with van der Waals surface area (Å²) in [6.45, 7) is 0. The second kappa shape index (κ2) is 4.36. The van der Waals surface area contributed by atoms with E-state index in [-0.39, 0.29) is 25.7 Å². The zero-order valence-corrected chi connectivity index (χ0v) is 10.7. The molecule has 0 aliphatic carbocycles. The summed E-state index contributed by atoms with van der Waals surface area (Å²) < 4.78 is 6.49. The molecule has 0 spiro atoms. The number of fused-ring (bicyclic) bond motifs is 1. The van der Waals surface area contributed by atoms with E-state index in [1.165, 1.54) is 4.46 Å². The van der Waals surface area contributed by atoms with Crippen molar-refractivity contribution in [2.75, 3.05) is 0 Å². The number of carbonyl (C=O) groups excluding carboxylic acids is 1. The number of hydrogen-bond donors (Lipinski definition) is 0. The van der Waals surface area contributed by atoms with Crippen LogP contribution in [0.3, 0.4) is 0 Å². The summed E-state index contributed by atoms with van der Waals surface area (Å²) in [4.78, 5) is 11.7. The standard InChI is InChI=1S/C14H10O2Se/c15-14-13(17-10-6-2-1-3-7-10)11-8-4-5-9-12(11)16-14/h1-9,13H. The van der Waals surface area contributed by atoms with Gasteiger partial charge in [0.05, 0.1) is 0 Å². The van der Waals surface area contributed by atoms with Crippen LogP contribution in [0.15, 0.2) is 54.6 Å². The van der Waals surface area contributed by atoms with Crippen LogP contribution in [0.25, 0.3) is 0 Å². The number of benzene rings is 2. The Morgan fingerprint density at radius 1 is 0.941 bits per heavy atom. The van der Waals surface area contributed by atoms with Crippen molar-refractivity contribution in [3.63, 3.8) is 0 Å². The van der Waals surface area contributed by atoms with Gasteiger partial charge in [0.1, 0.15) is 0 Å². The number of carbonyl (C=O) groups is 1. The normalized spacial score (nSPS) is 17.6. The van der Waals surface area contributed by atoms with Gasteiger partial charge in [0.15, 0.2) is 0 Å². The fourth-order valence-corrected chi connectivity index (χ4v) is 4.03. The number of esters is 1. The van der Waals surface area contributed by atoms with E-state index < -0.39 is 0 Å². The molecule has 2 nitrogen and oxygen atoms in total. The Morgan fingerprint density at radius 3 is 2.47 bits per heavy atom. The molecule has 17 heavy (non-hydrogen) atoms. The van der Waals surface area contributed by atoms with Crippen LogP contribution in [0.5, 0.6) is 5.75 Å². The maximum absolute atomic E-state index is 11.8. The third kappa shape index (κ3) is 1.99. The molecular weight excluding hydrogens is 279 g/mol. The topological polar surface area (TPSA) is 26.3 Å². The molecule has 0 aromatic heterocycles. The molecule has 0 radical (unpaired) electrons. The van der Waals surface area contributed by atoms with Crippen LogP contribution in [-0.2, 0) is 4.79 Å². The summed E-state index contributed by atoms with van der Waals surface area (Å²) in [6, 6.07) is 17.8. The van der Waals surface area contributed by atoms with Gasteiger partial charge in [-0.15, -0.1) is 0 Å². The molecule has 0 N–H and O–H groups in total. The minimum absolute atomic E-state index is 0.0882. The second-order valence-corrected chi connectivity index (χ2v) is 6.24. The van der Waals surface area contributed by atoms with Crippen LogP contribution in [0.2, 0.25) is 0 Å². The van der Waals surface area contributed by atoms with Crippen molar-refractivity contribution >= 4 is 25.4 Å². The van der Waals surface area contributed by atoms with Crippen molar-refractivity contribution < 1.29 is 9.53 Å². The minimum atomic E-state index is -0.116. The molecule has 1 unspecified atom stereocenters. The van der Waals surface area contributed by atoms with Crippen molar-refractivity contribution in [3.05, 3.63) is 60.2 Å². The van der Waals surface area contributed by atoms with E-state index in [2.05, 4.69) is 12.1 Å². The van der Waals surface area contributed by atoms with Gasteiger partial charge >= 0.3 is 106 Å². The molecule has 1 aliphatic rings. The van der Waals surface area contributed by atoms with Gasteiger partial charge in [-0.2, -0.15) is 0 Å². The second-order valence-electron chi connectivity index (χ2n) is 3.77. The summed E-state index contributed by atoms with van der Waals surface area (Å²) in [5.74, 6) is 0.607. The molecule has 84 valence electrons. The van der Waals surface area contributed by atoms with E-state index >= 15 is 0 Å². The number of hydrogen-bond acceptors (Lipinski definition) is 2. The fourth-order valence-electron chi connectivity index (χ4n) is 1.83. The molecule has 2 aromatic rings. The Hall–Kier alpha value is -1.57. The van der Waals surface area contributed by atoms with Gasteiger partial charge in [-0.3, -0.25) is 0 Å². The number of ether oxygens (including phenoxy) is 1. The number of para-hydroxylation sites is 1. The average Bonchev–Trinajstić information content (AvgIpc) is 2.68. The van der Waals surface area contributed by atoms with Crippen molar-refractivity contribution in [2.24, 2.45) is 0 Å². The monoisotopic (exact) mass is 290 g/mol. The van der Waals surface area contributed by atoms with Crippen molar-refractivity contribution in [1.82, 2.24) is 0 Å². The summed E-state index contributed by atoms with van der Waals surface area (Å²) in [7, 11) is 0. The van der Waals surface area contributed by atoms with E-state index in [0.717, 1.165) is 11.3 Å². The summed E-state index contributed by atoms with van der Waals surface area (Å²) in [5, 5.41) is 0. The molecule has 1 atom stereocenters. The van der Waals surface area contributed by atoms with Crippen molar-refractivity contribution in [2.45, 2.75) is 4.82 Å². The van der Waals surface area contributed by atoms with Crippen molar-refractivity contribution in [3.8, 4) is 5.75 Å². The van der Waals surface area contributed by atoms with E-state index in [9.17, 15) is 4.79 Å². The molecular formula is C14H10O2Se. The van der Waals surface area contributed by atoms with Crippen LogP contribution >= 0.6 is 0 Å². The Bertz CT molecular complexity index is 551. The van der Waals surface area contributed by atoms with Gasteiger partial charge in [-0.1, -0.05) is 0 Å². The molecule has 0 fully saturated rings. The van der Waals surface area contributed by atoms with E-state index in [1.807, 2.05) is 42.5 Å². The summed E-state index contributed by atoms with van der Waals surface area (Å²) in [6.07, 6.45) is 0. The first-order valence-electron chi connectivity index (χ1n) is 5.37. The van der Waals surface area contributed by atoms with Crippen LogP contribution in [-0.4, -0.2) is 20.9 Å². The summed E-state index contributed by atoms with van der Waals surface area (Å²) in [5.41, 5.74) is 1.03. The molecule has 1 heterocycles. The van der Waals surface area contributed by atoms with E-state index in [4.69, 9.17) is 4.74 Å². The van der Waals surface area contributed by atoms with Crippen LogP contribution in [0.1, 0.15) is 10.4 Å². The van der Waals surface area contributed by atoms with E-state index in [0.29, 0.717) is 0 Å². The van der Waals surface area contributed by atoms with Gasteiger partial charge < -0.3 is 0 Å². The Kier molecular flexibility index (Phi) is 2.71. The van der Waals surface area contributed by atoms with Crippen LogP contribution < -0.4 is 9.20 Å². The Balaban J connectivity index is 1.92. The Morgan fingerprint density at radius 2 is 1.65 bits per heavy atom. The predicted octanol–water partition coefficient (Wildman–Crippen LogP) is 1.68. The van der Waals surface area contributed by atoms with Gasteiger partial charge in [-0.25, -0.2) is 0 Å². The fraction of sp³-hybridized carbons (Fsp3) is 0.0714. The molecule has 3 rings (SSSR count). The van der Waals surface area contributed by atoms with Crippen molar-refractivity contribution in [1.29, 1.82) is 0 Å². The van der Waals surface area contributed by atoms with Crippen LogP contribution in [0, 0.1) is 0 Å². The molecule has 2 aromatic carbocycles. The number of rotatable bonds is 2. The Labute approximate surface area is 106 Å². The quantitative estimate of drug-likeness (QED) is 0.477. The molecule has 0 amide bonds. The third-order valence-corrected chi connectivity index (χ3v) is 5.20. The van der Waals surface area contributed by atoms with Gasteiger partial charge in [0.2, 0.25) is 0 Å². The first kappa shape index (κ1) is 10.6. The predicted molar refractivity (Wildman–Crippen MR) is 66.6 cm³/mol. The molecule has 0 saturated heterocycles. The molecule has 0 saturated carbocycles. The molecule has 0 bridgehead atoms. The summed E-state index contributed by atoms with van der Waals surface area (Å²) >= 11 is 0.0882.